The Kier molecular flexibility index (Phi) is 1.53. The molecule has 0 amide bonds. The first kappa shape index (κ1) is 7.80. The van der Waals surface area contributed by atoms with E-state index in [-0.39, 0.29) is 12.2 Å². The first-order chi connectivity index (χ1) is 9.79. The van der Waals surface area contributed by atoms with Gasteiger partial charge in [-0.15, -0.1) is 0 Å². The van der Waals surface area contributed by atoms with Gasteiger partial charge in [0.05, 0.1) is 11.5 Å². The molecule has 0 unspecified atom stereocenters. The summed E-state index contributed by atoms with van der Waals surface area (Å²) in [5.41, 5.74) is 1.77. The number of anilines is 1. The molecule has 2 heterocycles. The standard InChI is InChI=1S/C11H11N5O2/c1-14-6-8-10(13-15(2)12-8)7-4-3-5-9(11(7)14)16(17)18/h3-5H,6H2,1-2H3/i2D3. The summed E-state index contributed by atoms with van der Waals surface area (Å²) in [6, 6.07) is 4.64. The van der Waals surface area contributed by atoms with Crippen molar-refractivity contribution in [1.82, 2.24) is 15.0 Å². The molecule has 1 aromatic heterocycles. The maximum Gasteiger partial charge on any atom is 0.293 e. The number of fused-ring (bicyclic) bond motifs is 3. The highest BCUT2D eigenvalue weighted by Crippen LogP contribution is 2.42. The van der Waals surface area contributed by atoms with Crippen molar-refractivity contribution >= 4 is 11.4 Å². The number of benzene rings is 1. The molecule has 0 atom stereocenters. The monoisotopic (exact) mass is 248 g/mol. The number of rotatable bonds is 1. The lowest BCUT2D eigenvalue weighted by atomic mass is 10.0. The molecule has 0 radical (unpaired) electrons. The zero-order chi connectivity index (χ0) is 15.4. The minimum atomic E-state index is -2.48. The molecule has 7 heteroatoms. The van der Waals surface area contributed by atoms with Crippen LogP contribution in [-0.2, 0) is 13.5 Å². The van der Waals surface area contributed by atoms with E-state index in [0.717, 1.165) is 0 Å². The van der Waals surface area contributed by atoms with Crippen molar-refractivity contribution in [2.24, 2.45) is 6.98 Å². The van der Waals surface area contributed by atoms with Gasteiger partial charge in [-0.2, -0.15) is 15.0 Å². The molecule has 0 saturated carbocycles. The minimum absolute atomic E-state index is 0.0379. The number of nitrogens with zero attached hydrogens (tertiary/aromatic N) is 5. The average molecular weight is 248 g/mol. The van der Waals surface area contributed by atoms with E-state index in [1.165, 1.54) is 6.07 Å². The zero-order valence-electron chi connectivity index (χ0n) is 12.5. The molecule has 3 rings (SSSR count). The molecule has 7 nitrogen and oxygen atoms in total. The Hall–Kier alpha value is -2.44. The van der Waals surface area contributed by atoms with Gasteiger partial charge in [0.25, 0.3) is 5.69 Å². The van der Waals surface area contributed by atoms with Crippen molar-refractivity contribution in [2.45, 2.75) is 6.54 Å². The van der Waals surface area contributed by atoms with Crippen LogP contribution in [0.4, 0.5) is 11.4 Å². The minimum Gasteiger partial charge on any atom is -0.362 e. The molecule has 2 aromatic rings. The third kappa shape index (κ3) is 1.37. The number of nitro benzene ring substituents is 1. The number of aryl methyl sites for hydroxylation is 1. The smallest absolute Gasteiger partial charge is 0.293 e. The third-order valence-electron chi connectivity index (χ3n) is 2.92. The highest BCUT2D eigenvalue weighted by Gasteiger charge is 2.30. The van der Waals surface area contributed by atoms with Crippen LogP contribution < -0.4 is 4.90 Å². The molecule has 0 aliphatic carbocycles. The van der Waals surface area contributed by atoms with Crippen molar-refractivity contribution < 1.29 is 9.04 Å². The normalized spacial score (nSPS) is 16.3. The fraction of sp³-hybridized carbons (Fsp3) is 0.273. The van der Waals surface area contributed by atoms with Crippen LogP contribution >= 0.6 is 0 Å². The van der Waals surface area contributed by atoms with Gasteiger partial charge in [0.2, 0.25) is 0 Å². The summed E-state index contributed by atoms with van der Waals surface area (Å²) in [6.07, 6.45) is 0. The van der Waals surface area contributed by atoms with Crippen LogP contribution in [0.25, 0.3) is 11.3 Å². The van der Waals surface area contributed by atoms with Crippen LogP contribution in [0.15, 0.2) is 18.2 Å². The lowest BCUT2D eigenvalue weighted by Gasteiger charge is -2.25. The van der Waals surface area contributed by atoms with Crippen LogP contribution in [0, 0.1) is 10.1 Å². The summed E-state index contributed by atoms with van der Waals surface area (Å²) in [6.45, 7) is -2.21. The van der Waals surface area contributed by atoms with E-state index in [2.05, 4.69) is 10.2 Å². The molecule has 92 valence electrons. The molecule has 0 fully saturated rings. The van der Waals surface area contributed by atoms with E-state index >= 15 is 0 Å². The molecule has 0 bridgehead atoms. The predicted molar refractivity (Wildman–Crippen MR) is 65.2 cm³/mol. The van der Waals surface area contributed by atoms with Gasteiger partial charge in [0, 0.05) is 29.8 Å². The van der Waals surface area contributed by atoms with Crippen LogP contribution in [0.1, 0.15) is 9.81 Å². The Labute approximate surface area is 107 Å². The summed E-state index contributed by atoms with van der Waals surface area (Å²) in [4.78, 5) is 13.0. The first-order valence-electron chi connectivity index (χ1n) is 6.74. The van der Waals surface area contributed by atoms with Crippen LogP contribution in [0.5, 0.6) is 0 Å². The van der Waals surface area contributed by atoms with Crippen molar-refractivity contribution in [3.8, 4) is 11.3 Å². The Bertz CT molecular complexity index is 740. The molecule has 1 aromatic carbocycles. The van der Waals surface area contributed by atoms with Crippen LogP contribution in [0.2, 0.25) is 0 Å². The molecule has 0 spiro atoms. The number of hydrogen-bond donors (Lipinski definition) is 0. The van der Waals surface area contributed by atoms with E-state index in [4.69, 9.17) is 4.11 Å². The Morgan fingerprint density at radius 3 is 3.06 bits per heavy atom. The van der Waals surface area contributed by atoms with Gasteiger partial charge in [-0.05, 0) is 0 Å². The first-order valence-corrected chi connectivity index (χ1v) is 5.24. The highest BCUT2D eigenvalue weighted by atomic mass is 16.6. The van der Waals surface area contributed by atoms with E-state index in [0.29, 0.717) is 27.4 Å². The summed E-state index contributed by atoms with van der Waals surface area (Å²) < 4.78 is 22.0. The Morgan fingerprint density at radius 2 is 2.33 bits per heavy atom. The summed E-state index contributed by atoms with van der Waals surface area (Å²) in [5.74, 6) is 0. The summed E-state index contributed by atoms with van der Waals surface area (Å²) in [7, 11) is 1.70. The highest BCUT2D eigenvalue weighted by molar-refractivity contribution is 5.86. The van der Waals surface area contributed by atoms with E-state index in [1.807, 2.05) is 0 Å². The van der Waals surface area contributed by atoms with Gasteiger partial charge in [-0.25, -0.2) is 0 Å². The molecule has 18 heavy (non-hydrogen) atoms. The lowest BCUT2D eigenvalue weighted by Crippen LogP contribution is -2.22. The van der Waals surface area contributed by atoms with Crippen molar-refractivity contribution in [1.29, 1.82) is 0 Å². The molecular formula is C11H11N5O2. The molecule has 1 aliphatic heterocycles. The number of para-hydroxylation sites is 1. The number of aromatic nitrogens is 3. The second-order valence-electron chi connectivity index (χ2n) is 4.07. The summed E-state index contributed by atoms with van der Waals surface area (Å²) in [5, 5.41) is 19.1. The third-order valence-corrected chi connectivity index (χ3v) is 2.92. The Morgan fingerprint density at radius 1 is 1.50 bits per heavy atom. The van der Waals surface area contributed by atoms with Crippen molar-refractivity contribution in [2.75, 3.05) is 11.9 Å². The van der Waals surface area contributed by atoms with Gasteiger partial charge in [0.1, 0.15) is 17.1 Å². The van der Waals surface area contributed by atoms with Crippen LogP contribution in [0.3, 0.4) is 0 Å². The summed E-state index contributed by atoms with van der Waals surface area (Å²) >= 11 is 0. The molecule has 1 aliphatic rings. The fourth-order valence-electron chi connectivity index (χ4n) is 2.23. The zero-order valence-corrected chi connectivity index (χ0v) is 9.49. The molecule has 0 saturated heterocycles. The van der Waals surface area contributed by atoms with Gasteiger partial charge < -0.3 is 4.90 Å². The number of nitro groups is 1. The fourth-order valence-corrected chi connectivity index (χ4v) is 2.23. The maximum atomic E-state index is 11.1. The van der Waals surface area contributed by atoms with E-state index in [9.17, 15) is 10.1 Å². The topological polar surface area (TPSA) is 77.1 Å². The SMILES string of the molecule is [2H]C([2H])([2H])n1nc2c(n1)-c1cccc([N+](=O)[O-])c1N(C)C2. The second kappa shape index (κ2) is 3.52. The molecule has 0 N–H and O–H groups in total. The predicted octanol–water partition coefficient (Wildman–Crippen LogP) is 1.34. The average Bonchev–Trinajstić information content (AvgIpc) is 2.82. The largest absolute Gasteiger partial charge is 0.362 e. The van der Waals surface area contributed by atoms with Gasteiger partial charge in [0.15, 0.2) is 0 Å². The van der Waals surface area contributed by atoms with Crippen molar-refractivity contribution in [3.05, 3.63) is 34.0 Å². The van der Waals surface area contributed by atoms with Gasteiger partial charge in [-0.3, -0.25) is 10.1 Å². The Balaban J connectivity index is 2.24. The van der Waals surface area contributed by atoms with Crippen LogP contribution in [-0.4, -0.2) is 27.0 Å². The number of hydrogen-bond acceptors (Lipinski definition) is 5. The quantitative estimate of drug-likeness (QED) is 0.562. The second-order valence-corrected chi connectivity index (χ2v) is 4.07. The lowest BCUT2D eigenvalue weighted by molar-refractivity contribution is -0.384. The van der Waals surface area contributed by atoms with Gasteiger partial charge in [-0.1, -0.05) is 12.1 Å². The maximum absolute atomic E-state index is 11.1. The van der Waals surface area contributed by atoms with Gasteiger partial charge >= 0.3 is 0 Å². The van der Waals surface area contributed by atoms with E-state index in [1.54, 1.807) is 24.1 Å². The molecular weight excluding hydrogens is 234 g/mol. The van der Waals surface area contributed by atoms with Crippen molar-refractivity contribution in [3.63, 3.8) is 0 Å². The van der Waals surface area contributed by atoms with E-state index < -0.39 is 11.9 Å².